The fourth-order valence-electron chi connectivity index (χ4n) is 3.03. The van der Waals surface area contributed by atoms with Crippen LogP contribution in [0.4, 0.5) is 0 Å². The monoisotopic (exact) mass is 604 g/mol. The van der Waals surface area contributed by atoms with Crippen molar-refractivity contribution in [1.82, 2.24) is 0 Å². The average Bonchev–Trinajstić information content (AvgIpc) is 2.91. The third-order valence-electron chi connectivity index (χ3n) is 5.09. The molecule has 8 N–H and O–H groups in total. The van der Waals surface area contributed by atoms with Crippen LogP contribution >= 0.6 is 47.0 Å². The van der Waals surface area contributed by atoms with Crippen molar-refractivity contribution < 1.29 is 18.9 Å². The Morgan fingerprint density at radius 1 is 0.378 bits per heavy atom. The van der Waals surface area contributed by atoms with Crippen LogP contribution in [0.25, 0.3) is 0 Å². The number of hydrogen-bond donors (Lipinski definition) is 4. The lowest BCUT2D eigenvalue weighted by Crippen LogP contribution is -2.42. The first kappa shape index (κ1) is 38.1. The Hall–Kier alpha value is 1.08. The molecule has 0 aromatic carbocycles. The van der Waals surface area contributed by atoms with Crippen LogP contribution in [0.15, 0.2) is 0 Å². The second-order valence-electron chi connectivity index (χ2n) is 8.73. The normalized spacial score (nSPS) is 12.0. The third-order valence-corrected chi connectivity index (χ3v) is 9.22. The molecule has 0 aliphatic rings. The topological polar surface area (TPSA) is 141 Å². The number of hydrogen-bond acceptors (Lipinski definition) is 12. The fraction of sp³-hybridized carbons (Fsp3) is 1.00. The minimum absolute atomic E-state index is 0.326. The van der Waals surface area contributed by atoms with Gasteiger partial charge in [0.1, 0.15) is 0 Å². The molecule has 37 heavy (non-hydrogen) atoms. The van der Waals surface area contributed by atoms with Crippen molar-refractivity contribution >= 4 is 47.0 Å². The van der Waals surface area contributed by atoms with E-state index in [2.05, 4.69) is 0 Å². The second-order valence-corrected chi connectivity index (χ2v) is 13.6. The van der Waals surface area contributed by atoms with E-state index < -0.39 is 0 Å². The highest BCUT2D eigenvalue weighted by atomic mass is 32.2. The van der Waals surface area contributed by atoms with Crippen molar-refractivity contribution in [3.63, 3.8) is 0 Å². The summed E-state index contributed by atoms with van der Waals surface area (Å²) >= 11 is 7.55. The SMILES string of the molecule is NCCCSCCOCC(COCCSCCCN)(COCCSCCCN)COCCSCCCN. The molecular weight excluding hydrogens is 549 g/mol. The molecular formula is C25H56N4O4S4. The van der Waals surface area contributed by atoms with Gasteiger partial charge >= 0.3 is 0 Å². The maximum Gasteiger partial charge on any atom is 0.0637 e. The second kappa shape index (κ2) is 31.6. The Morgan fingerprint density at radius 3 is 0.838 bits per heavy atom. The highest BCUT2D eigenvalue weighted by molar-refractivity contribution is 7.99. The summed E-state index contributed by atoms with van der Waals surface area (Å²) in [4.78, 5) is 0. The number of thioether (sulfide) groups is 4. The molecule has 12 heteroatoms. The molecule has 0 heterocycles. The number of nitrogens with two attached hydrogens (primary N) is 4. The highest BCUT2D eigenvalue weighted by Crippen LogP contribution is 2.22. The molecule has 0 saturated carbocycles. The van der Waals surface area contributed by atoms with Crippen molar-refractivity contribution in [2.24, 2.45) is 28.3 Å². The van der Waals surface area contributed by atoms with Gasteiger partial charge < -0.3 is 41.9 Å². The van der Waals surface area contributed by atoms with Gasteiger partial charge in [-0.15, -0.1) is 0 Å². The standard InChI is InChI=1S/C25H56N4O4S4/c26-5-1-13-34-17-9-30-21-25(22-31-10-18-35-14-2-6-27,23-32-11-19-36-15-3-7-28)24-33-12-20-37-16-4-8-29/h1-24,26-29H2. The molecule has 0 rings (SSSR count). The first-order valence-corrected chi connectivity index (χ1v) is 18.3. The summed E-state index contributed by atoms with van der Waals surface area (Å²) in [5.41, 5.74) is 22.1. The Bertz CT molecular complexity index is 372. The molecule has 0 bridgehead atoms. The van der Waals surface area contributed by atoms with E-state index in [-0.39, 0.29) is 5.41 Å². The minimum atomic E-state index is -0.326. The zero-order valence-electron chi connectivity index (χ0n) is 23.0. The number of ether oxygens (including phenoxy) is 4. The van der Waals surface area contributed by atoms with Gasteiger partial charge in [-0.1, -0.05) is 0 Å². The molecule has 0 aromatic rings. The molecule has 0 aliphatic heterocycles. The van der Waals surface area contributed by atoms with Gasteiger partial charge in [-0.2, -0.15) is 47.0 Å². The van der Waals surface area contributed by atoms with Gasteiger partial charge in [0.2, 0.25) is 0 Å². The average molecular weight is 605 g/mol. The number of rotatable bonds is 32. The van der Waals surface area contributed by atoms with E-state index in [9.17, 15) is 0 Å². The molecule has 0 aromatic heterocycles. The lowest BCUT2D eigenvalue weighted by atomic mass is 9.92. The molecule has 0 radical (unpaired) electrons. The highest BCUT2D eigenvalue weighted by Gasteiger charge is 2.32. The zero-order valence-corrected chi connectivity index (χ0v) is 26.3. The van der Waals surface area contributed by atoms with Crippen molar-refractivity contribution in [3.05, 3.63) is 0 Å². The zero-order chi connectivity index (χ0) is 27.1. The smallest absolute Gasteiger partial charge is 0.0637 e. The summed E-state index contributed by atoms with van der Waals surface area (Å²) in [6.07, 6.45) is 4.17. The van der Waals surface area contributed by atoms with Crippen LogP contribution in [0, 0.1) is 5.41 Å². The predicted molar refractivity (Wildman–Crippen MR) is 170 cm³/mol. The summed E-state index contributed by atoms with van der Waals surface area (Å²) in [5, 5.41) is 0. The molecule has 0 spiro atoms. The van der Waals surface area contributed by atoms with Gasteiger partial charge in [0.05, 0.1) is 58.3 Å². The van der Waals surface area contributed by atoms with E-state index in [0.717, 1.165) is 97.9 Å². The molecule has 224 valence electrons. The molecule has 0 atom stereocenters. The van der Waals surface area contributed by atoms with Crippen LogP contribution < -0.4 is 22.9 Å². The van der Waals surface area contributed by atoms with Gasteiger partial charge in [0.25, 0.3) is 0 Å². The molecule has 0 fully saturated rings. The molecule has 8 nitrogen and oxygen atoms in total. The summed E-state index contributed by atoms with van der Waals surface area (Å²) < 4.78 is 24.6. The van der Waals surface area contributed by atoms with Gasteiger partial charge in [0.15, 0.2) is 0 Å². The maximum atomic E-state index is 6.16. The van der Waals surface area contributed by atoms with Crippen LogP contribution in [0.3, 0.4) is 0 Å². The Morgan fingerprint density at radius 2 is 0.622 bits per heavy atom. The summed E-state index contributed by atoms with van der Waals surface area (Å²) in [6.45, 7) is 8.01. The molecule has 0 amide bonds. The van der Waals surface area contributed by atoms with Gasteiger partial charge in [-0.05, 0) is 74.9 Å². The quantitative estimate of drug-likeness (QED) is 0.0838. The van der Waals surface area contributed by atoms with Gasteiger partial charge in [-0.25, -0.2) is 0 Å². The summed E-state index contributed by atoms with van der Waals surface area (Å²) in [5.74, 6) is 8.16. The van der Waals surface area contributed by atoms with E-state index in [1.165, 1.54) is 0 Å². The van der Waals surface area contributed by atoms with Crippen LogP contribution in [0.5, 0.6) is 0 Å². The first-order chi connectivity index (χ1) is 18.2. The fourth-order valence-corrected chi connectivity index (χ4v) is 6.27. The Kier molecular flexibility index (Phi) is 32.5. The van der Waals surface area contributed by atoms with E-state index in [1.807, 2.05) is 47.0 Å². The minimum Gasteiger partial charge on any atom is -0.380 e. The summed E-state index contributed by atoms with van der Waals surface area (Å²) in [7, 11) is 0. The lowest BCUT2D eigenvalue weighted by Gasteiger charge is -2.33. The van der Waals surface area contributed by atoms with Crippen molar-refractivity contribution in [1.29, 1.82) is 0 Å². The van der Waals surface area contributed by atoms with Crippen LogP contribution in [0.1, 0.15) is 25.7 Å². The van der Waals surface area contributed by atoms with E-state index in [4.69, 9.17) is 41.9 Å². The van der Waals surface area contributed by atoms with Crippen LogP contribution in [-0.4, -0.2) is 125 Å². The van der Waals surface area contributed by atoms with Crippen molar-refractivity contribution in [2.45, 2.75) is 25.7 Å². The van der Waals surface area contributed by atoms with Gasteiger partial charge in [0, 0.05) is 23.0 Å². The molecule has 0 aliphatic carbocycles. The van der Waals surface area contributed by atoms with Crippen molar-refractivity contribution in [2.75, 3.05) is 125 Å². The van der Waals surface area contributed by atoms with Crippen molar-refractivity contribution in [3.8, 4) is 0 Å². The maximum absolute atomic E-state index is 6.16. The van der Waals surface area contributed by atoms with E-state index >= 15 is 0 Å². The molecule has 0 saturated heterocycles. The Balaban J connectivity index is 4.78. The van der Waals surface area contributed by atoms with E-state index in [0.29, 0.717) is 52.9 Å². The molecule has 0 unspecified atom stereocenters. The largest absolute Gasteiger partial charge is 0.380 e. The van der Waals surface area contributed by atoms with Crippen LogP contribution in [0.2, 0.25) is 0 Å². The predicted octanol–water partition coefficient (Wildman–Crippen LogP) is 2.37. The van der Waals surface area contributed by atoms with Gasteiger partial charge in [-0.3, -0.25) is 0 Å². The summed E-state index contributed by atoms with van der Waals surface area (Å²) in [6, 6.07) is 0. The first-order valence-electron chi connectivity index (χ1n) is 13.7. The van der Waals surface area contributed by atoms with E-state index in [1.54, 1.807) is 0 Å². The third kappa shape index (κ3) is 27.0. The lowest BCUT2D eigenvalue weighted by molar-refractivity contribution is -0.1000. The van der Waals surface area contributed by atoms with Crippen LogP contribution in [-0.2, 0) is 18.9 Å². The Labute approximate surface area is 244 Å².